The minimum absolute atomic E-state index is 0.103. The molecule has 0 spiro atoms. The van der Waals surface area contributed by atoms with Crippen LogP contribution in [0, 0.1) is 6.92 Å². The lowest BCUT2D eigenvalue weighted by molar-refractivity contribution is 0.0466. The van der Waals surface area contributed by atoms with Crippen molar-refractivity contribution in [1.29, 1.82) is 0 Å². The lowest BCUT2D eigenvalue weighted by Gasteiger charge is -2.11. The van der Waals surface area contributed by atoms with E-state index < -0.39 is 5.97 Å². The van der Waals surface area contributed by atoms with E-state index in [1.807, 2.05) is 6.92 Å². The number of carbonyl (C=O) groups excluding carboxylic acids is 1. The first-order valence-electron chi connectivity index (χ1n) is 6.81. The van der Waals surface area contributed by atoms with E-state index in [1.54, 1.807) is 17.5 Å². The molecule has 2 aromatic rings. The monoisotopic (exact) mass is 339 g/mol. The maximum Gasteiger partial charge on any atom is 0.358 e. The van der Waals surface area contributed by atoms with Crippen LogP contribution in [0.2, 0.25) is 5.02 Å². The van der Waals surface area contributed by atoms with Gasteiger partial charge in [-0.1, -0.05) is 11.6 Å². The van der Waals surface area contributed by atoms with Crippen molar-refractivity contribution in [2.45, 2.75) is 20.0 Å². The summed E-state index contributed by atoms with van der Waals surface area (Å²) in [4.78, 5) is 16.0. The number of hydrogen-bond acceptors (Lipinski definition) is 6. The van der Waals surface area contributed by atoms with Gasteiger partial charge in [0.25, 0.3) is 0 Å². The molecule has 1 aliphatic rings. The quantitative estimate of drug-likeness (QED) is 0.799. The Balaban J connectivity index is 1.71. The maximum absolute atomic E-state index is 11.9. The molecule has 2 heterocycles. The van der Waals surface area contributed by atoms with E-state index in [4.69, 9.17) is 25.8 Å². The maximum atomic E-state index is 11.9. The van der Waals surface area contributed by atoms with Gasteiger partial charge in [0.1, 0.15) is 6.61 Å². The van der Waals surface area contributed by atoms with Crippen molar-refractivity contribution in [3.63, 3.8) is 0 Å². The summed E-state index contributed by atoms with van der Waals surface area (Å²) in [5.41, 5.74) is 1.07. The van der Waals surface area contributed by atoms with Crippen LogP contribution in [-0.2, 0) is 11.3 Å². The SMILES string of the molecule is Cc1nc(C(=O)OCc2cc(Cl)c3c(c2)OCCCO3)cs1. The van der Waals surface area contributed by atoms with Gasteiger partial charge in [-0.3, -0.25) is 0 Å². The van der Waals surface area contributed by atoms with Gasteiger partial charge < -0.3 is 14.2 Å². The first-order chi connectivity index (χ1) is 10.6. The van der Waals surface area contributed by atoms with E-state index in [9.17, 15) is 4.79 Å². The van der Waals surface area contributed by atoms with E-state index in [0.717, 1.165) is 17.0 Å². The van der Waals surface area contributed by atoms with Crippen LogP contribution < -0.4 is 9.47 Å². The van der Waals surface area contributed by atoms with E-state index in [-0.39, 0.29) is 6.61 Å². The highest BCUT2D eigenvalue weighted by Gasteiger charge is 2.17. The minimum Gasteiger partial charge on any atom is -0.489 e. The molecular formula is C15H14ClNO4S. The molecule has 22 heavy (non-hydrogen) atoms. The molecule has 3 rings (SSSR count). The minimum atomic E-state index is -0.451. The Labute approximate surface area is 136 Å². The molecule has 0 radical (unpaired) electrons. The van der Waals surface area contributed by atoms with Crippen LogP contribution in [0.25, 0.3) is 0 Å². The second-order valence-corrected chi connectivity index (χ2v) is 6.25. The van der Waals surface area contributed by atoms with E-state index >= 15 is 0 Å². The van der Waals surface area contributed by atoms with Crippen LogP contribution in [0.3, 0.4) is 0 Å². The third kappa shape index (κ3) is 3.34. The van der Waals surface area contributed by atoms with Crippen LogP contribution in [-0.4, -0.2) is 24.2 Å². The predicted octanol–water partition coefficient (Wildman–Crippen LogP) is 3.62. The number of thiazole rings is 1. The van der Waals surface area contributed by atoms with Crippen molar-refractivity contribution in [2.75, 3.05) is 13.2 Å². The number of ether oxygens (including phenoxy) is 3. The molecule has 0 atom stereocenters. The molecule has 0 bridgehead atoms. The smallest absolute Gasteiger partial charge is 0.358 e. The molecule has 1 aliphatic heterocycles. The number of benzene rings is 1. The van der Waals surface area contributed by atoms with Gasteiger partial charge in [-0.2, -0.15) is 0 Å². The summed E-state index contributed by atoms with van der Waals surface area (Å²) in [6.45, 7) is 3.09. The Morgan fingerprint density at radius 3 is 3.00 bits per heavy atom. The van der Waals surface area contributed by atoms with Gasteiger partial charge in [0.2, 0.25) is 0 Å². The lowest BCUT2D eigenvalue weighted by atomic mass is 10.2. The topological polar surface area (TPSA) is 57.7 Å². The summed E-state index contributed by atoms with van der Waals surface area (Å²) in [5, 5.41) is 2.96. The summed E-state index contributed by atoms with van der Waals surface area (Å²) in [5.74, 6) is 0.678. The largest absolute Gasteiger partial charge is 0.489 e. The number of aryl methyl sites for hydroxylation is 1. The molecule has 5 nitrogen and oxygen atoms in total. The highest BCUT2D eigenvalue weighted by Crippen LogP contribution is 2.38. The third-order valence-electron chi connectivity index (χ3n) is 3.06. The number of carbonyl (C=O) groups is 1. The van der Waals surface area contributed by atoms with Crippen LogP contribution >= 0.6 is 22.9 Å². The molecule has 7 heteroatoms. The first kappa shape index (κ1) is 15.1. The van der Waals surface area contributed by atoms with Gasteiger partial charge >= 0.3 is 5.97 Å². The Hall–Kier alpha value is -1.79. The second-order valence-electron chi connectivity index (χ2n) is 4.78. The Kier molecular flexibility index (Phi) is 4.49. The van der Waals surface area contributed by atoms with Crippen molar-refractivity contribution in [3.05, 3.63) is 38.8 Å². The van der Waals surface area contributed by atoms with E-state index in [0.29, 0.717) is 35.4 Å². The lowest BCUT2D eigenvalue weighted by Crippen LogP contribution is -2.06. The number of fused-ring (bicyclic) bond motifs is 1. The highest BCUT2D eigenvalue weighted by molar-refractivity contribution is 7.09. The van der Waals surface area contributed by atoms with Crippen molar-refractivity contribution in [3.8, 4) is 11.5 Å². The summed E-state index contributed by atoms with van der Waals surface area (Å²) >= 11 is 7.61. The molecular weight excluding hydrogens is 326 g/mol. The molecule has 0 fully saturated rings. The number of halogens is 1. The van der Waals surface area contributed by atoms with Gasteiger partial charge in [0.05, 0.1) is 23.2 Å². The van der Waals surface area contributed by atoms with Crippen LogP contribution in [0.5, 0.6) is 11.5 Å². The third-order valence-corrected chi connectivity index (χ3v) is 4.11. The fourth-order valence-corrected chi connectivity index (χ4v) is 2.92. The zero-order chi connectivity index (χ0) is 15.5. The van der Waals surface area contributed by atoms with Gasteiger partial charge in [-0.15, -0.1) is 11.3 Å². The standard InChI is InChI=1S/C15H14ClNO4S/c1-9-17-12(8-22-9)15(18)21-7-10-5-11(16)14-13(6-10)19-3-2-4-20-14/h5-6,8H,2-4,7H2,1H3. The normalized spacial score (nSPS) is 13.5. The predicted molar refractivity (Wildman–Crippen MR) is 83.0 cm³/mol. The highest BCUT2D eigenvalue weighted by atomic mass is 35.5. The summed E-state index contributed by atoms with van der Waals surface area (Å²) in [6, 6.07) is 3.50. The molecule has 0 amide bonds. The van der Waals surface area contributed by atoms with Crippen LogP contribution in [0.15, 0.2) is 17.5 Å². The fraction of sp³-hybridized carbons (Fsp3) is 0.333. The van der Waals surface area contributed by atoms with Crippen LogP contribution in [0.4, 0.5) is 0 Å². The average molecular weight is 340 g/mol. The van der Waals surface area contributed by atoms with Gasteiger partial charge in [0, 0.05) is 11.8 Å². The molecule has 116 valence electrons. The van der Waals surface area contributed by atoms with Gasteiger partial charge in [-0.25, -0.2) is 9.78 Å². The van der Waals surface area contributed by atoms with Crippen molar-refractivity contribution < 1.29 is 19.0 Å². The number of hydrogen-bond donors (Lipinski definition) is 0. The molecule has 0 unspecified atom stereocenters. The summed E-state index contributed by atoms with van der Waals surface area (Å²) in [7, 11) is 0. The number of rotatable bonds is 3. The second kappa shape index (κ2) is 6.54. The molecule has 0 aliphatic carbocycles. The van der Waals surface area contributed by atoms with E-state index in [2.05, 4.69) is 4.98 Å². The number of nitrogens with zero attached hydrogens (tertiary/aromatic N) is 1. The zero-order valence-electron chi connectivity index (χ0n) is 11.9. The van der Waals surface area contributed by atoms with E-state index in [1.165, 1.54) is 11.3 Å². The van der Waals surface area contributed by atoms with Crippen LogP contribution in [0.1, 0.15) is 27.5 Å². The Morgan fingerprint density at radius 1 is 1.41 bits per heavy atom. The molecule has 1 aromatic carbocycles. The molecule has 0 saturated carbocycles. The fourth-order valence-electron chi connectivity index (χ4n) is 2.05. The van der Waals surface area contributed by atoms with Gasteiger partial charge in [0.15, 0.2) is 17.2 Å². The number of esters is 1. The van der Waals surface area contributed by atoms with Crippen molar-refractivity contribution >= 4 is 28.9 Å². The molecule has 0 N–H and O–H groups in total. The molecule has 0 saturated heterocycles. The zero-order valence-corrected chi connectivity index (χ0v) is 13.5. The first-order valence-corrected chi connectivity index (χ1v) is 8.06. The Bertz CT molecular complexity index is 701. The van der Waals surface area contributed by atoms with Gasteiger partial charge in [-0.05, 0) is 24.6 Å². The van der Waals surface area contributed by atoms with Crippen molar-refractivity contribution in [1.82, 2.24) is 4.98 Å². The molecule has 1 aromatic heterocycles. The summed E-state index contributed by atoms with van der Waals surface area (Å²) < 4.78 is 16.4. The van der Waals surface area contributed by atoms with Crippen molar-refractivity contribution in [2.24, 2.45) is 0 Å². The Morgan fingerprint density at radius 2 is 2.23 bits per heavy atom. The number of aromatic nitrogens is 1. The summed E-state index contributed by atoms with van der Waals surface area (Å²) in [6.07, 6.45) is 0.804. The average Bonchev–Trinajstić information content (AvgIpc) is 2.79.